The molecule has 1 aromatic carbocycles. The molecule has 0 aliphatic carbocycles. The van der Waals surface area contributed by atoms with E-state index in [0.29, 0.717) is 11.5 Å². The lowest BCUT2D eigenvalue weighted by molar-refractivity contribution is -0.137. The summed E-state index contributed by atoms with van der Waals surface area (Å²) in [5.41, 5.74) is -0.304. The smallest absolute Gasteiger partial charge is 0.416 e. The fourth-order valence-electron chi connectivity index (χ4n) is 1.63. The number of carbonyl (C=O) groups is 1. The van der Waals surface area contributed by atoms with Crippen molar-refractivity contribution in [2.75, 3.05) is 17.2 Å². The molecule has 6 nitrogen and oxygen atoms in total. The molecular formula is C14H13F3N4O2. The number of alkyl halides is 3. The van der Waals surface area contributed by atoms with Gasteiger partial charge in [0.15, 0.2) is 11.6 Å². The van der Waals surface area contributed by atoms with Gasteiger partial charge in [0.1, 0.15) is 0 Å². The Bertz CT molecular complexity index is 657. The Morgan fingerprint density at radius 3 is 2.22 bits per heavy atom. The molecule has 23 heavy (non-hydrogen) atoms. The number of nitrogens with zero attached hydrogens (tertiary/aromatic N) is 2. The molecule has 0 bridgehead atoms. The minimum Gasteiger partial charge on any atom is -0.450 e. The van der Waals surface area contributed by atoms with Crippen molar-refractivity contribution < 1.29 is 22.7 Å². The SMILES string of the molecule is CCOC(=O)Nc1ccc(Nc2ccc(C(F)(F)F)cc2)nn1. The van der Waals surface area contributed by atoms with Gasteiger partial charge in [-0.25, -0.2) is 4.79 Å². The van der Waals surface area contributed by atoms with Gasteiger partial charge in [0.2, 0.25) is 0 Å². The van der Waals surface area contributed by atoms with Gasteiger partial charge in [-0.05, 0) is 43.3 Å². The number of rotatable bonds is 4. The Morgan fingerprint density at radius 2 is 1.70 bits per heavy atom. The zero-order valence-corrected chi connectivity index (χ0v) is 12.0. The lowest BCUT2D eigenvalue weighted by Gasteiger charge is -2.09. The summed E-state index contributed by atoms with van der Waals surface area (Å²) in [6.45, 7) is 1.90. The first-order chi connectivity index (χ1) is 10.9. The Hall–Kier alpha value is -2.84. The lowest BCUT2D eigenvalue weighted by Crippen LogP contribution is -2.14. The van der Waals surface area contributed by atoms with Gasteiger partial charge in [-0.15, -0.1) is 10.2 Å². The van der Waals surface area contributed by atoms with E-state index in [2.05, 4.69) is 25.6 Å². The highest BCUT2D eigenvalue weighted by Crippen LogP contribution is 2.30. The molecule has 2 rings (SSSR count). The highest BCUT2D eigenvalue weighted by Gasteiger charge is 2.29. The summed E-state index contributed by atoms with van der Waals surface area (Å²) in [5.74, 6) is 0.514. The number of hydrogen-bond donors (Lipinski definition) is 2. The lowest BCUT2D eigenvalue weighted by atomic mass is 10.2. The standard InChI is InChI=1S/C14H13F3N4O2/c1-2-23-13(22)19-12-8-7-11(20-21-12)18-10-5-3-9(4-6-10)14(15,16)17/h3-8H,2H2,1H3,(H,18,20)(H,19,21,22). The Balaban J connectivity index is 1.99. The fourth-order valence-corrected chi connectivity index (χ4v) is 1.63. The van der Waals surface area contributed by atoms with Gasteiger partial charge < -0.3 is 10.1 Å². The molecule has 2 aromatic rings. The molecule has 2 N–H and O–H groups in total. The predicted molar refractivity (Wildman–Crippen MR) is 77.4 cm³/mol. The number of hydrogen-bond acceptors (Lipinski definition) is 5. The zero-order valence-electron chi connectivity index (χ0n) is 12.0. The molecule has 0 aliphatic heterocycles. The number of halogens is 3. The van der Waals surface area contributed by atoms with Crippen molar-refractivity contribution in [3.8, 4) is 0 Å². The van der Waals surface area contributed by atoms with E-state index in [-0.39, 0.29) is 12.4 Å². The Labute approximate surface area is 129 Å². The maximum atomic E-state index is 12.5. The van der Waals surface area contributed by atoms with Crippen molar-refractivity contribution in [3.05, 3.63) is 42.0 Å². The van der Waals surface area contributed by atoms with Gasteiger partial charge in [-0.1, -0.05) is 0 Å². The van der Waals surface area contributed by atoms with E-state index < -0.39 is 17.8 Å². The molecule has 0 aliphatic rings. The molecule has 1 amide bonds. The summed E-state index contributed by atoms with van der Waals surface area (Å²) in [4.78, 5) is 11.2. The van der Waals surface area contributed by atoms with Gasteiger partial charge in [0.25, 0.3) is 0 Å². The molecule has 0 spiro atoms. The second kappa shape index (κ2) is 6.95. The largest absolute Gasteiger partial charge is 0.450 e. The van der Waals surface area contributed by atoms with Crippen LogP contribution in [0.15, 0.2) is 36.4 Å². The van der Waals surface area contributed by atoms with Crippen LogP contribution < -0.4 is 10.6 Å². The number of nitrogens with one attached hydrogen (secondary N) is 2. The van der Waals surface area contributed by atoms with Crippen molar-refractivity contribution in [3.63, 3.8) is 0 Å². The van der Waals surface area contributed by atoms with Crippen LogP contribution in [-0.4, -0.2) is 22.9 Å². The maximum Gasteiger partial charge on any atom is 0.416 e. The predicted octanol–water partition coefficient (Wildman–Crippen LogP) is 3.81. The Kier molecular flexibility index (Phi) is 4.99. The molecule has 0 fully saturated rings. The molecule has 0 atom stereocenters. The quantitative estimate of drug-likeness (QED) is 0.893. The van der Waals surface area contributed by atoms with Crippen molar-refractivity contribution in [2.24, 2.45) is 0 Å². The third-order valence-corrected chi connectivity index (χ3v) is 2.65. The minimum atomic E-state index is -4.38. The van der Waals surface area contributed by atoms with Crippen LogP contribution in [0.3, 0.4) is 0 Å². The molecular weight excluding hydrogens is 313 g/mol. The van der Waals surface area contributed by atoms with Crippen LogP contribution in [0.1, 0.15) is 12.5 Å². The number of ether oxygens (including phenoxy) is 1. The van der Waals surface area contributed by atoms with Crippen LogP contribution >= 0.6 is 0 Å². The van der Waals surface area contributed by atoms with Crippen molar-refractivity contribution in [1.29, 1.82) is 0 Å². The van der Waals surface area contributed by atoms with Gasteiger partial charge in [-0.3, -0.25) is 5.32 Å². The van der Waals surface area contributed by atoms with Crippen LogP contribution in [-0.2, 0) is 10.9 Å². The first kappa shape index (κ1) is 16.5. The van der Waals surface area contributed by atoms with E-state index in [0.717, 1.165) is 12.1 Å². The highest BCUT2D eigenvalue weighted by molar-refractivity contribution is 5.83. The van der Waals surface area contributed by atoms with Crippen LogP contribution in [0.4, 0.5) is 35.3 Å². The summed E-state index contributed by atoms with van der Waals surface area (Å²) in [6, 6.07) is 7.51. The van der Waals surface area contributed by atoms with Crippen LogP contribution in [0.25, 0.3) is 0 Å². The van der Waals surface area contributed by atoms with E-state index in [9.17, 15) is 18.0 Å². The second-order valence-electron chi connectivity index (χ2n) is 4.35. The van der Waals surface area contributed by atoms with Crippen molar-refractivity contribution >= 4 is 23.4 Å². The van der Waals surface area contributed by atoms with E-state index in [1.54, 1.807) is 6.92 Å². The molecule has 0 radical (unpaired) electrons. The van der Waals surface area contributed by atoms with Gasteiger partial charge in [0, 0.05) is 5.69 Å². The second-order valence-corrected chi connectivity index (χ2v) is 4.35. The molecule has 0 saturated carbocycles. The monoisotopic (exact) mass is 326 g/mol. The van der Waals surface area contributed by atoms with Crippen LogP contribution in [0.5, 0.6) is 0 Å². The number of amides is 1. The Morgan fingerprint density at radius 1 is 1.09 bits per heavy atom. The van der Waals surface area contributed by atoms with Gasteiger partial charge >= 0.3 is 12.3 Å². The average molecular weight is 326 g/mol. The number of anilines is 3. The number of benzene rings is 1. The van der Waals surface area contributed by atoms with Crippen LogP contribution in [0.2, 0.25) is 0 Å². The van der Waals surface area contributed by atoms with E-state index >= 15 is 0 Å². The minimum absolute atomic E-state index is 0.196. The first-order valence-electron chi connectivity index (χ1n) is 6.60. The van der Waals surface area contributed by atoms with Gasteiger partial charge in [0.05, 0.1) is 12.2 Å². The average Bonchev–Trinajstić information content (AvgIpc) is 2.49. The highest BCUT2D eigenvalue weighted by atomic mass is 19.4. The van der Waals surface area contributed by atoms with E-state index in [1.807, 2.05) is 0 Å². The summed E-state index contributed by atoms with van der Waals surface area (Å²) in [6.07, 6.45) is -5.02. The van der Waals surface area contributed by atoms with Crippen molar-refractivity contribution in [1.82, 2.24) is 10.2 Å². The third kappa shape index (κ3) is 4.83. The fraction of sp³-hybridized carbons (Fsp3) is 0.214. The molecule has 1 heterocycles. The zero-order chi connectivity index (χ0) is 16.9. The molecule has 0 saturated heterocycles. The summed E-state index contributed by atoms with van der Waals surface area (Å²) < 4.78 is 42.1. The first-order valence-corrected chi connectivity index (χ1v) is 6.60. The number of aromatic nitrogens is 2. The van der Waals surface area contributed by atoms with Gasteiger partial charge in [-0.2, -0.15) is 13.2 Å². The summed E-state index contributed by atoms with van der Waals surface area (Å²) in [5, 5.41) is 12.7. The topological polar surface area (TPSA) is 76.1 Å². The molecule has 9 heteroatoms. The summed E-state index contributed by atoms with van der Waals surface area (Å²) in [7, 11) is 0. The number of carbonyl (C=O) groups excluding carboxylic acids is 1. The molecule has 0 unspecified atom stereocenters. The van der Waals surface area contributed by atoms with E-state index in [4.69, 9.17) is 0 Å². The van der Waals surface area contributed by atoms with Crippen molar-refractivity contribution in [2.45, 2.75) is 13.1 Å². The van der Waals surface area contributed by atoms with E-state index in [1.165, 1.54) is 24.3 Å². The summed E-state index contributed by atoms with van der Waals surface area (Å²) >= 11 is 0. The normalized spacial score (nSPS) is 11.0. The third-order valence-electron chi connectivity index (χ3n) is 2.65. The maximum absolute atomic E-state index is 12.5. The van der Waals surface area contributed by atoms with Crippen LogP contribution in [0, 0.1) is 0 Å². The molecule has 122 valence electrons. The molecule has 1 aromatic heterocycles.